The maximum atomic E-state index is 11.6. The Morgan fingerprint density at radius 3 is 3.00 bits per heavy atom. The first-order valence-corrected chi connectivity index (χ1v) is 7.43. The average Bonchev–Trinajstić information content (AvgIpc) is 2.71. The second kappa shape index (κ2) is 8.02. The molecule has 0 radical (unpaired) electrons. The molecular formula is C12H22N4OS. The molecule has 0 atom stereocenters. The molecule has 0 saturated heterocycles. The molecule has 1 aromatic heterocycles. The molecular weight excluding hydrogens is 248 g/mol. The lowest BCUT2D eigenvalue weighted by molar-refractivity contribution is 0.252. The molecule has 1 heterocycles. The Morgan fingerprint density at radius 1 is 1.56 bits per heavy atom. The van der Waals surface area contributed by atoms with Crippen molar-refractivity contribution in [3.8, 4) is 0 Å². The van der Waals surface area contributed by atoms with Gasteiger partial charge in [-0.3, -0.25) is 5.32 Å². The highest BCUT2D eigenvalue weighted by atomic mass is 32.2. The minimum atomic E-state index is -0.169. The number of nitrogens with one attached hydrogen (secondary N) is 2. The van der Waals surface area contributed by atoms with Crippen molar-refractivity contribution in [3.05, 3.63) is 12.3 Å². The van der Waals surface area contributed by atoms with Gasteiger partial charge in [0.05, 0.1) is 6.20 Å². The molecule has 5 nitrogen and oxygen atoms in total. The van der Waals surface area contributed by atoms with E-state index in [9.17, 15) is 4.79 Å². The number of nitrogens with zero attached hydrogens (tertiary/aromatic N) is 2. The van der Waals surface area contributed by atoms with Crippen LogP contribution in [-0.2, 0) is 6.54 Å². The Hall–Kier alpha value is -1.17. The fourth-order valence-electron chi connectivity index (χ4n) is 1.47. The number of urea groups is 1. The van der Waals surface area contributed by atoms with Crippen molar-refractivity contribution >= 4 is 23.6 Å². The zero-order valence-corrected chi connectivity index (χ0v) is 12.1. The largest absolute Gasteiger partial charge is 0.337 e. The van der Waals surface area contributed by atoms with Crippen molar-refractivity contribution in [2.24, 2.45) is 5.92 Å². The highest BCUT2D eigenvalue weighted by Crippen LogP contribution is 2.08. The lowest BCUT2D eigenvalue weighted by Gasteiger charge is -2.11. The topological polar surface area (TPSA) is 59.0 Å². The summed E-state index contributed by atoms with van der Waals surface area (Å²) < 4.78 is 1.81. The maximum Gasteiger partial charge on any atom is 0.320 e. The van der Waals surface area contributed by atoms with E-state index in [4.69, 9.17) is 0 Å². The number of hydrogen-bond donors (Lipinski definition) is 2. The first kappa shape index (κ1) is 14.9. The molecule has 0 aliphatic carbocycles. The van der Waals surface area contributed by atoms with E-state index in [-0.39, 0.29) is 6.03 Å². The van der Waals surface area contributed by atoms with Gasteiger partial charge in [-0.1, -0.05) is 20.8 Å². The molecule has 0 aromatic carbocycles. The van der Waals surface area contributed by atoms with Crippen LogP contribution in [0.4, 0.5) is 10.6 Å². The lowest BCUT2D eigenvalue weighted by atomic mass is 10.2. The van der Waals surface area contributed by atoms with Crippen LogP contribution in [0.1, 0.15) is 20.8 Å². The van der Waals surface area contributed by atoms with Gasteiger partial charge in [0.15, 0.2) is 0 Å². The molecule has 102 valence electrons. The summed E-state index contributed by atoms with van der Waals surface area (Å²) in [6.45, 7) is 7.83. The molecule has 2 amide bonds. The molecule has 0 unspecified atom stereocenters. The number of amides is 2. The van der Waals surface area contributed by atoms with E-state index in [1.54, 1.807) is 6.20 Å². The van der Waals surface area contributed by atoms with E-state index in [2.05, 4.69) is 36.5 Å². The quantitative estimate of drug-likeness (QED) is 0.748. The number of rotatable bonds is 7. The maximum absolute atomic E-state index is 11.6. The molecule has 0 saturated carbocycles. The summed E-state index contributed by atoms with van der Waals surface area (Å²) in [6, 6.07) is 1.64. The van der Waals surface area contributed by atoms with E-state index in [1.807, 2.05) is 22.5 Å². The number of anilines is 1. The summed E-state index contributed by atoms with van der Waals surface area (Å²) in [5.41, 5.74) is 0. The van der Waals surface area contributed by atoms with Crippen LogP contribution in [0.2, 0.25) is 0 Å². The highest BCUT2D eigenvalue weighted by molar-refractivity contribution is 7.99. The van der Waals surface area contributed by atoms with Crippen molar-refractivity contribution in [2.75, 3.05) is 23.4 Å². The number of aromatic nitrogens is 2. The molecule has 1 aromatic rings. The van der Waals surface area contributed by atoms with E-state index in [1.165, 1.54) is 0 Å². The number of hydrogen-bond acceptors (Lipinski definition) is 3. The van der Waals surface area contributed by atoms with Crippen LogP contribution in [0, 0.1) is 5.92 Å². The minimum absolute atomic E-state index is 0.169. The zero-order valence-electron chi connectivity index (χ0n) is 11.3. The average molecular weight is 270 g/mol. The third-order valence-corrected chi connectivity index (χ3v) is 3.13. The second-order valence-corrected chi connectivity index (χ2v) is 5.76. The van der Waals surface area contributed by atoms with Gasteiger partial charge in [0.1, 0.15) is 5.82 Å². The van der Waals surface area contributed by atoms with E-state index < -0.39 is 0 Å². The second-order valence-electron chi connectivity index (χ2n) is 4.37. The predicted molar refractivity (Wildman–Crippen MR) is 77.1 cm³/mol. The van der Waals surface area contributed by atoms with Gasteiger partial charge in [0.2, 0.25) is 0 Å². The molecule has 18 heavy (non-hydrogen) atoms. The molecule has 0 aliphatic rings. The van der Waals surface area contributed by atoms with Crippen LogP contribution in [-0.4, -0.2) is 33.9 Å². The van der Waals surface area contributed by atoms with Gasteiger partial charge in [0.25, 0.3) is 0 Å². The Kier molecular flexibility index (Phi) is 6.64. The summed E-state index contributed by atoms with van der Waals surface area (Å²) in [4.78, 5) is 11.6. The molecule has 0 aliphatic heterocycles. The van der Waals surface area contributed by atoms with Crippen LogP contribution in [0.5, 0.6) is 0 Å². The molecule has 0 spiro atoms. The van der Waals surface area contributed by atoms with Crippen LogP contribution in [0.15, 0.2) is 12.3 Å². The molecule has 6 heteroatoms. The third kappa shape index (κ3) is 5.44. The van der Waals surface area contributed by atoms with Crippen molar-refractivity contribution in [1.29, 1.82) is 0 Å². The van der Waals surface area contributed by atoms with Crippen molar-refractivity contribution < 1.29 is 4.79 Å². The summed E-state index contributed by atoms with van der Waals surface area (Å²) in [6.07, 6.45) is 1.70. The summed E-state index contributed by atoms with van der Waals surface area (Å²) in [7, 11) is 0. The first-order chi connectivity index (χ1) is 8.63. The van der Waals surface area contributed by atoms with E-state index in [0.717, 1.165) is 23.9 Å². The zero-order chi connectivity index (χ0) is 13.4. The summed E-state index contributed by atoms with van der Waals surface area (Å²) in [5.74, 6) is 3.25. The van der Waals surface area contributed by atoms with Gasteiger partial charge >= 0.3 is 6.03 Å². The fraction of sp³-hybridized carbons (Fsp3) is 0.667. The number of carbonyl (C=O) groups is 1. The Morgan fingerprint density at radius 2 is 2.33 bits per heavy atom. The highest BCUT2D eigenvalue weighted by Gasteiger charge is 2.07. The van der Waals surface area contributed by atoms with Crippen LogP contribution in [0.25, 0.3) is 0 Å². The number of carbonyl (C=O) groups excluding carboxylic acids is 1. The first-order valence-electron chi connectivity index (χ1n) is 6.28. The number of thioether (sulfide) groups is 1. The Labute approximate surface area is 113 Å². The molecule has 2 N–H and O–H groups in total. The molecule has 0 bridgehead atoms. The molecule has 0 fully saturated rings. The standard InChI is InChI=1S/C12H22N4OS/c1-4-18-8-7-13-12(17)15-11-5-6-14-16(11)9-10(2)3/h5-6,10H,4,7-9H2,1-3H3,(H2,13,15,17). The SMILES string of the molecule is CCSCCNC(=O)Nc1ccnn1CC(C)C. The van der Waals surface area contributed by atoms with Gasteiger partial charge in [-0.25, -0.2) is 9.48 Å². The smallest absolute Gasteiger partial charge is 0.320 e. The third-order valence-electron chi connectivity index (χ3n) is 2.23. The van der Waals surface area contributed by atoms with Gasteiger partial charge in [-0.15, -0.1) is 0 Å². The normalized spacial score (nSPS) is 10.7. The van der Waals surface area contributed by atoms with Crippen LogP contribution in [0.3, 0.4) is 0 Å². The summed E-state index contributed by atoms with van der Waals surface area (Å²) in [5, 5.41) is 9.83. The van der Waals surface area contributed by atoms with Crippen LogP contribution >= 0.6 is 11.8 Å². The van der Waals surface area contributed by atoms with Crippen molar-refractivity contribution in [2.45, 2.75) is 27.3 Å². The molecule has 1 rings (SSSR count). The fourth-order valence-corrected chi connectivity index (χ4v) is 2.01. The van der Waals surface area contributed by atoms with Gasteiger partial charge in [-0.05, 0) is 11.7 Å². The van der Waals surface area contributed by atoms with Gasteiger partial charge < -0.3 is 5.32 Å². The van der Waals surface area contributed by atoms with Crippen LogP contribution < -0.4 is 10.6 Å². The van der Waals surface area contributed by atoms with Gasteiger partial charge in [0, 0.05) is 24.9 Å². The minimum Gasteiger partial charge on any atom is -0.337 e. The Balaban J connectivity index is 2.37. The predicted octanol–water partition coefficient (Wildman–Crippen LogP) is 2.41. The Bertz CT molecular complexity index is 365. The van der Waals surface area contributed by atoms with E-state index >= 15 is 0 Å². The monoisotopic (exact) mass is 270 g/mol. The van der Waals surface area contributed by atoms with E-state index in [0.29, 0.717) is 12.5 Å². The summed E-state index contributed by atoms with van der Waals surface area (Å²) >= 11 is 1.81. The van der Waals surface area contributed by atoms with Gasteiger partial charge in [-0.2, -0.15) is 16.9 Å². The van der Waals surface area contributed by atoms with Crippen molar-refractivity contribution in [1.82, 2.24) is 15.1 Å². The van der Waals surface area contributed by atoms with Crippen molar-refractivity contribution in [3.63, 3.8) is 0 Å². The lowest BCUT2D eigenvalue weighted by Crippen LogP contribution is -2.31.